The highest BCUT2D eigenvalue weighted by molar-refractivity contribution is 5.98. The first kappa shape index (κ1) is 18.8. The van der Waals surface area contributed by atoms with Crippen molar-refractivity contribution in [1.29, 1.82) is 0 Å². The normalized spacial score (nSPS) is 14.1. The van der Waals surface area contributed by atoms with Crippen molar-refractivity contribution in [2.75, 3.05) is 11.9 Å². The van der Waals surface area contributed by atoms with Crippen molar-refractivity contribution < 1.29 is 32.2 Å². The number of amides is 1. The summed E-state index contributed by atoms with van der Waals surface area (Å²) in [5.74, 6) is -0.901. The first-order chi connectivity index (χ1) is 12.8. The number of alkyl halides is 3. The van der Waals surface area contributed by atoms with Crippen LogP contribution in [0.25, 0.3) is 0 Å². The van der Waals surface area contributed by atoms with E-state index < -0.39 is 35.4 Å². The van der Waals surface area contributed by atoms with Crippen LogP contribution in [0.15, 0.2) is 42.5 Å². The van der Waals surface area contributed by atoms with Crippen molar-refractivity contribution in [3.05, 3.63) is 59.2 Å². The SMILES string of the molecule is CC(OC(=O)c1ccc2c(c1)CCO2)C(=O)Nc1ccccc1C(F)(F)F. The van der Waals surface area contributed by atoms with Crippen LogP contribution in [-0.4, -0.2) is 24.6 Å². The van der Waals surface area contributed by atoms with Gasteiger partial charge in [0.05, 0.1) is 23.4 Å². The Morgan fingerprint density at radius 3 is 2.67 bits per heavy atom. The summed E-state index contributed by atoms with van der Waals surface area (Å²) in [7, 11) is 0. The summed E-state index contributed by atoms with van der Waals surface area (Å²) in [6, 6.07) is 9.36. The topological polar surface area (TPSA) is 64.6 Å². The molecular formula is C19H16F3NO4. The number of anilines is 1. The van der Waals surface area contributed by atoms with Crippen LogP contribution in [0.5, 0.6) is 5.75 Å². The predicted octanol–water partition coefficient (Wildman–Crippen LogP) is 3.82. The third-order valence-corrected chi connectivity index (χ3v) is 4.07. The number of hydrogen-bond donors (Lipinski definition) is 1. The molecule has 0 aromatic heterocycles. The maximum Gasteiger partial charge on any atom is 0.418 e. The second-order valence-corrected chi connectivity index (χ2v) is 6.00. The number of nitrogens with one attached hydrogen (secondary N) is 1. The fraction of sp³-hybridized carbons (Fsp3) is 0.263. The molecule has 0 aliphatic carbocycles. The minimum atomic E-state index is -4.61. The van der Waals surface area contributed by atoms with Gasteiger partial charge in [0.2, 0.25) is 0 Å². The number of benzene rings is 2. The highest BCUT2D eigenvalue weighted by Crippen LogP contribution is 2.34. The van der Waals surface area contributed by atoms with Gasteiger partial charge in [-0.3, -0.25) is 4.79 Å². The Kier molecular flexibility index (Phi) is 5.07. The molecular weight excluding hydrogens is 363 g/mol. The molecule has 1 heterocycles. The van der Waals surface area contributed by atoms with Gasteiger partial charge in [0, 0.05) is 6.42 Å². The monoisotopic (exact) mass is 379 g/mol. The van der Waals surface area contributed by atoms with Crippen LogP contribution in [0.1, 0.15) is 28.4 Å². The average molecular weight is 379 g/mol. The summed E-state index contributed by atoms with van der Waals surface area (Å²) in [4.78, 5) is 24.4. The van der Waals surface area contributed by atoms with Crippen LogP contribution in [0.4, 0.5) is 18.9 Å². The van der Waals surface area contributed by atoms with E-state index in [9.17, 15) is 22.8 Å². The molecule has 0 spiro atoms. The van der Waals surface area contributed by atoms with E-state index in [0.29, 0.717) is 18.8 Å². The molecule has 1 N–H and O–H groups in total. The molecule has 2 aromatic rings. The molecule has 5 nitrogen and oxygen atoms in total. The lowest BCUT2D eigenvalue weighted by Gasteiger charge is -2.17. The van der Waals surface area contributed by atoms with E-state index in [1.165, 1.54) is 25.1 Å². The molecule has 8 heteroatoms. The molecule has 1 atom stereocenters. The Balaban J connectivity index is 1.67. The maximum absolute atomic E-state index is 13.0. The van der Waals surface area contributed by atoms with Crippen molar-refractivity contribution in [3.8, 4) is 5.75 Å². The number of rotatable bonds is 4. The smallest absolute Gasteiger partial charge is 0.418 e. The van der Waals surface area contributed by atoms with Crippen LogP contribution in [-0.2, 0) is 22.1 Å². The first-order valence-corrected chi connectivity index (χ1v) is 8.19. The Morgan fingerprint density at radius 2 is 1.93 bits per heavy atom. The van der Waals surface area contributed by atoms with E-state index in [1.807, 2.05) is 0 Å². The quantitative estimate of drug-likeness (QED) is 0.821. The number of hydrogen-bond acceptors (Lipinski definition) is 4. The second-order valence-electron chi connectivity index (χ2n) is 6.00. The molecule has 0 fully saturated rings. The summed E-state index contributed by atoms with van der Waals surface area (Å²) in [5, 5.41) is 2.16. The van der Waals surface area contributed by atoms with Gasteiger partial charge in [0.15, 0.2) is 6.10 Å². The van der Waals surface area contributed by atoms with Gasteiger partial charge in [-0.2, -0.15) is 13.2 Å². The molecule has 0 saturated carbocycles. The summed E-state index contributed by atoms with van der Waals surface area (Å²) in [6.07, 6.45) is -5.22. The molecule has 2 aromatic carbocycles. The summed E-state index contributed by atoms with van der Waals surface area (Å²) in [6.45, 7) is 1.82. The van der Waals surface area contributed by atoms with E-state index in [0.717, 1.165) is 17.7 Å². The standard InChI is InChI=1S/C19H16F3NO4/c1-11(17(24)23-15-5-3-2-4-14(15)19(20,21)22)27-18(25)13-6-7-16-12(10-13)8-9-26-16/h2-7,10-11H,8-9H2,1H3,(H,23,24). The van der Waals surface area contributed by atoms with Crippen LogP contribution in [0.2, 0.25) is 0 Å². The fourth-order valence-corrected chi connectivity index (χ4v) is 2.67. The number of esters is 1. The van der Waals surface area contributed by atoms with E-state index >= 15 is 0 Å². The molecule has 1 aliphatic heterocycles. The van der Waals surface area contributed by atoms with Gasteiger partial charge in [-0.15, -0.1) is 0 Å². The zero-order valence-corrected chi connectivity index (χ0v) is 14.3. The van der Waals surface area contributed by atoms with Crippen molar-refractivity contribution >= 4 is 17.6 Å². The molecule has 1 amide bonds. The summed E-state index contributed by atoms with van der Waals surface area (Å²) < 4.78 is 49.4. The number of carbonyl (C=O) groups excluding carboxylic acids is 2. The minimum absolute atomic E-state index is 0.245. The second kappa shape index (κ2) is 7.30. The Labute approximate surface area is 153 Å². The zero-order chi connectivity index (χ0) is 19.6. The highest BCUT2D eigenvalue weighted by Gasteiger charge is 2.34. The minimum Gasteiger partial charge on any atom is -0.493 e. The van der Waals surface area contributed by atoms with Gasteiger partial charge in [-0.25, -0.2) is 4.79 Å². The summed E-state index contributed by atoms with van der Waals surface area (Å²) in [5.41, 5.74) is -0.265. The van der Waals surface area contributed by atoms with E-state index in [1.54, 1.807) is 12.1 Å². The van der Waals surface area contributed by atoms with Crippen molar-refractivity contribution in [2.45, 2.75) is 25.6 Å². The van der Waals surface area contributed by atoms with Crippen molar-refractivity contribution in [3.63, 3.8) is 0 Å². The molecule has 0 bridgehead atoms. The lowest BCUT2D eigenvalue weighted by atomic mass is 10.1. The zero-order valence-electron chi connectivity index (χ0n) is 14.3. The fourth-order valence-electron chi connectivity index (χ4n) is 2.67. The van der Waals surface area contributed by atoms with E-state index in [4.69, 9.17) is 9.47 Å². The van der Waals surface area contributed by atoms with E-state index in [-0.39, 0.29) is 5.56 Å². The molecule has 3 rings (SSSR count). The van der Waals surface area contributed by atoms with Gasteiger partial charge in [0.25, 0.3) is 5.91 Å². The van der Waals surface area contributed by atoms with Crippen molar-refractivity contribution in [2.24, 2.45) is 0 Å². The molecule has 0 radical (unpaired) electrons. The first-order valence-electron chi connectivity index (χ1n) is 8.19. The van der Waals surface area contributed by atoms with Crippen molar-refractivity contribution in [1.82, 2.24) is 0 Å². The maximum atomic E-state index is 13.0. The van der Waals surface area contributed by atoms with Gasteiger partial charge in [-0.05, 0) is 42.8 Å². The molecule has 142 valence electrons. The van der Waals surface area contributed by atoms with Gasteiger partial charge in [-0.1, -0.05) is 12.1 Å². The summed E-state index contributed by atoms with van der Waals surface area (Å²) >= 11 is 0. The molecule has 1 unspecified atom stereocenters. The van der Waals surface area contributed by atoms with Crippen LogP contribution < -0.4 is 10.1 Å². The van der Waals surface area contributed by atoms with Crippen LogP contribution in [0.3, 0.4) is 0 Å². The Hall–Kier alpha value is -3.03. The van der Waals surface area contributed by atoms with Gasteiger partial charge >= 0.3 is 12.1 Å². The lowest BCUT2D eigenvalue weighted by Crippen LogP contribution is -2.30. The number of ether oxygens (including phenoxy) is 2. The third-order valence-electron chi connectivity index (χ3n) is 4.07. The van der Waals surface area contributed by atoms with Crippen LogP contribution in [0, 0.1) is 0 Å². The van der Waals surface area contributed by atoms with Gasteiger partial charge < -0.3 is 14.8 Å². The lowest BCUT2D eigenvalue weighted by molar-refractivity contribution is -0.137. The number of fused-ring (bicyclic) bond motifs is 1. The number of halogens is 3. The molecule has 0 saturated heterocycles. The molecule has 27 heavy (non-hydrogen) atoms. The van der Waals surface area contributed by atoms with Gasteiger partial charge in [0.1, 0.15) is 5.75 Å². The Bertz CT molecular complexity index is 879. The van der Waals surface area contributed by atoms with Crippen LogP contribution >= 0.6 is 0 Å². The number of para-hydroxylation sites is 1. The Morgan fingerprint density at radius 1 is 1.19 bits per heavy atom. The van der Waals surface area contributed by atoms with E-state index in [2.05, 4.69) is 5.32 Å². The largest absolute Gasteiger partial charge is 0.493 e. The average Bonchev–Trinajstić information content (AvgIpc) is 3.08. The highest BCUT2D eigenvalue weighted by atomic mass is 19.4. The predicted molar refractivity (Wildman–Crippen MR) is 90.6 cm³/mol. The molecule has 1 aliphatic rings. The third kappa shape index (κ3) is 4.21. The number of carbonyl (C=O) groups is 2.